The van der Waals surface area contributed by atoms with Gasteiger partial charge in [0.25, 0.3) is 11.6 Å². The highest BCUT2D eigenvalue weighted by Crippen LogP contribution is 2.36. The number of nitro groups is 1. The lowest BCUT2D eigenvalue weighted by atomic mass is 10.1. The smallest absolute Gasteiger partial charge is 0.387 e. The molecule has 0 aromatic heterocycles. The largest absolute Gasteiger partial charge is 0.493 e. The van der Waals surface area contributed by atoms with Gasteiger partial charge in [0, 0.05) is 5.56 Å². The first-order valence-corrected chi connectivity index (χ1v) is 8.39. The monoisotopic (exact) mass is 420 g/mol. The van der Waals surface area contributed by atoms with Crippen LogP contribution in [0.3, 0.4) is 0 Å². The van der Waals surface area contributed by atoms with Crippen molar-refractivity contribution >= 4 is 29.1 Å². The average Bonchev–Trinajstić information content (AvgIpc) is 2.71. The maximum atomic E-state index is 12.5. The van der Waals surface area contributed by atoms with Crippen LogP contribution in [0.1, 0.15) is 15.9 Å². The van der Waals surface area contributed by atoms with Gasteiger partial charge >= 0.3 is 6.61 Å². The Labute approximate surface area is 168 Å². The fourth-order valence-corrected chi connectivity index (χ4v) is 2.70. The van der Waals surface area contributed by atoms with E-state index in [9.17, 15) is 28.5 Å². The van der Waals surface area contributed by atoms with Crippen molar-refractivity contribution in [3.63, 3.8) is 0 Å². The SMILES string of the molecule is COc1cc(C=CC(=O)c2ccc3c(c2)NC(=O)CO3)c([N+](=O)[O-])cc1OC(F)F. The number of hydrogen-bond acceptors (Lipinski definition) is 7. The van der Waals surface area contributed by atoms with E-state index in [2.05, 4.69) is 10.1 Å². The van der Waals surface area contributed by atoms with Crippen LogP contribution in [0.2, 0.25) is 0 Å². The number of amides is 1. The van der Waals surface area contributed by atoms with Gasteiger partial charge in [0.1, 0.15) is 5.75 Å². The van der Waals surface area contributed by atoms with E-state index in [-0.39, 0.29) is 29.4 Å². The van der Waals surface area contributed by atoms with Crippen molar-refractivity contribution in [2.75, 3.05) is 19.0 Å². The van der Waals surface area contributed by atoms with Gasteiger partial charge in [-0.25, -0.2) is 0 Å². The number of fused-ring (bicyclic) bond motifs is 1. The summed E-state index contributed by atoms with van der Waals surface area (Å²) in [4.78, 5) is 34.4. The number of halogens is 2. The van der Waals surface area contributed by atoms with Gasteiger partial charge in [-0.3, -0.25) is 19.7 Å². The predicted molar refractivity (Wildman–Crippen MR) is 100 cm³/mol. The summed E-state index contributed by atoms with van der Waals surface area (Å²) in [6.07, 6.45) is 2.23. The van der Waals surface area contributed by atoms with Crippen molar-refractivity contribution in [3.8, 4) is 17.2 Å². The number of hydrogen-bond donors (Lipinski definition) is 1. The standard InChI is InChI=1S/C19H14F2N2O7/c1-28-16-7-10(13(23(26)27)8-17(16)30-19(20)21)2-4-14(24)11-3-5-15-12(6-11)22-18(25)9-29-15/h2-8,19H,9H2,1H3,(H,22,25). The third-order valence-corrected chi connectivity index (χ3v) is 4.04. The van der Waals surface area contributed by atoms with Gasteiger partial charge in [0.2, 0.25) is 0 Å². The van der Waals surface area contributed by atoms with Gasteiger partial charge in [0.15, 0.2) is 23.9 Å². The molecule has 11 heteroatoms. The summed E-state index contributed by atoms with van der Waals surface area (Å²) in [6.45, 7) is -3.33. The van der Waals surface area contributed by atoms with Crippen LogP contribution in [0.4, 0.5) is 20.2 Å². The molecule has 30 heavy (non-hydrogen) atoms. The second kappa shape index (κ2) is 8.55. The van der Waals surface area contributed by atoms with Crippen molar-refractivity contribution in [2.45, 2.75) is 6.61 Å². The number of rotatable bonds is 7. The van der Waals surface area contributed by atoms with Crippen molar-refractivity contribution in [1.82, 2.24) is 0 Å². The molecule has 3 rings (SSSR count). The molecule has 2 aromatic rings. The molecule has 9 nitrogen and oxygen atoms in total. The molecule has 0 unspecified atom stereocenters. The second-order valence-corrected chi connectivity index (χ2v) is 5.94. The number of allylic oxidation sites excluding steroid dienone is 1. The third-order valence-electron chi connectivity index (χ3n) is 4.04. The number of alkyl halides is 2. The summed E-state index contributed by atoms with van der Waals surface area (Å²) in [7, 11) is 1.18. The van der Waals surface area contributed by atoms with E-state index < -0.39 is 28.8 Å². The zero-order valence-corrected chi connectivity index (χ0v) is 15.4. The number of ether oxygens (including phenoxy) is 3. The lowest BCUT2D eigenvalue weighted by Crippen LogP contribution is -2.25. The van der Waals surface area contributed by atoms with E-state index in [0.29, 0.717) is 11.4 Å². The van der Waals surface area contributed by atoms with Gasteiger partial charge < -0.3 is 19.5 Å². The van der Waals surface area contributed by atoms with E-state index >= 15 is 0 Å². The Morgan fingerprint density at radius 1 is 1.30 bits per heavy atom. The van der Waals surface area contributed by atoms with Gasteiger partial charge in [-0.05, 0) is 36.4 Å². The van der Waals surface area contributed by atoms with Gasteiger partial charge in [0.05, 0.1) is 29.4 Å². The van der Waals surface area contributed by atoms with Crippen molar-refractivity contribution in [2.24, 2.45) is 0 Å². The Kier molecular flexibility index (Phi) is 5.90. The van der Waals surface area contributed by atoms with Crippen LogP contribution in [0.25, 0.3) is 6.08 Å². The zero-order chi connectivity index (χ0) is 21.8. The van der Waals surface area contributed by atoms with Crippen molar-refractivity contribution < 1.29 is 37.5 Å². The molecule has 0 radical (unpaired) electrons. The maximum absolute atomic E-state index is 12.5. The Morgan fingerprint density at radius 3 is 2.73 bits per heavy atom. The molecule has 0 bridgehead atoms. The topological polar surface area (TPSA) is 117 Å². The molecular weight excluding hydrogens is 406 g/mol. The normalized spacial score (nSPS) is 12.9. The van der Waals surface area contributed by atoms with E-state index in [1.54, 1.807) is 0 Å². The van der Waals surface area contributed by atoms with Crippen LogP contribution >= 0.6 is 0 Å². The first-order valence-electron chi connectivity index (χ1n) is 8.39. The fraction of sp³-hybridized carbons (Fsp3) is 0.158. The van der Waals surface area contributed by atoms with Crippen LogP contribution in [-0.2, 0) is 4.79 Å². The van der Waals surface area contributed by atoms with Gasteiger partial charge in [-0.15, -0.1) is 0 Å². The van der Waals surface area contributed by atoms with E-state index in [4.69, 9.17) is 9.47 Å². The maximum Gasteiger partial charge on any atom is 0.387 e. The number of nitro benzene ring substituents is 1. The van der Waals surface area contributed by atoms with E-state index in [0.717, 1.165) is 24.3 Å². The minimum absolute atomic E-state index is 0.0542. The van der Waals surface area contributed by atoms with Crippen LogP contribution in [-0.4, -0.2) is 36.9 Å². The molecule has 1 aliphatic rings. The fourth-order valence-electron chi connectivity index (χ4n) is 2.70. The molecule has 0 spiro atoms. The molecule has 0 atom stereocenters. The van der Waals surface area contributed by atoms with Gasteiger partial charge in [-0.2, -0.15) is 8.78 Å². The molecule has 1 aliphatic heterocycles. The molecule has 0 saturated heterocycles. The molecule has 0 fully saturated rings. The molecule has 1 N–H and O–H groups in total. The van der Waals surface area contributed by atoms with Crippen LogP contribution in [0.15, 0.2) is 36.4 Å². The first kappa shape index (κ1) is 20.7. The van der Waals surface area contributed by atoms with Gasteiger partial charge in [-0.1, -0.05) is 0 Å². The summed E-state index contributed by atoms with van der Waals surface area (Å²) in [6, 6.07) is 6.30. The average molecular weight is 420 g/mol. The summed E-state index contributed by atoms with van der Waals surface area (Å²) in [5.74, 6) is -1.14. The van der Waals surface area contributed by atoms with Crippen LogP contribution in [0, 0.1) is 10.1 Å². The minimum atomic E-state index is -3.20. The highest BCUT2D eigenvalue weighted by Gasteiger charge is 2.21. The lowest BCUT2D eigenvalue weighted by Gasteiger charge is -2.17. The molecule has 1 amide bonds. The van der Waals surface area contributed by atoms with E-state index in [1.165, 1.54) is 25.3 Å². The Bertz CT molecular complexity index is 1050. The molecule has 0 saturated carbocycles. The highest BCUT2D eigenvalue weighted by atomic mass is 19.3. The van der Waals surface area contributed by atoms with E-state index in [1.807, 2.05) is 0 Å². The number of nitrogens with one attached hydrogen (secondary N) is 1. The molecular formula is C19H14F2N2O7. The van der Waals surface area contributed by atoms with Crippen molar-refractivity contribution in [3.05, 3.63) is 57.6 Å². The lowest BCUT2D eigenvalue weighted by molar-refractivity contribution is -0.385. The first-order chi connectivity index (χ1) is 14.3. The van der Waals surface area contributed by atoms with Crippen molar-refractivity contribution in [1.29, 1.82) is 0 Å². The third kappa shape index (κ3) is 4.51. The summed E-state index contributed by atoms with van der Waals surface area (Å²) < 4.78 is 39.4. The Hall–Kier alpha value is -4.02. The molecule has 156 valence electrons. The second-order valence-electron chi connectivity index (χ2n) is 5.94. The number of ketones is 1. The Balaban J connectivity index is 1.91. The van der Waals surface area contributed by atoms with Crippen LogP contribution < -0.4 is 19.5 Å². The minimum Gasteiger partial charge on any atom is -0.493 e. The summed E-state index contributed by atoms with van der Waals surface area (Å²) in [5.41, 5.74) is -0.0854. The Morgan fingerprint density at radius 2 is 2.07 bits per heavy atom. The number of carbonyl (C=O) groups excluding carboxylic acids is 2. The number of benzene rings is 2. The molecule has 0 aliphatic carbocycles. The quantitative estimate of drug-likeness (QED) is 0.316. The number of carbonyl (C=O) groups is 2. The number of nitrogens with zero attached hydrogens (tertiary/aromatic N) is 1. The summed E-state index contributed by atoms with van der Waals surface area (Å²) in [5, 5.41) is 13.9. The highest BCUT2D eigenvalue weighted by molar-refractivity contribution is 6.08. The van der Waals surface area contributed by atoms with Crippen LogP contribution in [0.5, 0.6) is 17.2 Å². The number of methoxy groups -OCH3 is 1. The molecule has 1 heterocycles. The molecule has 2 aromatic carbocycles. The summed E-state index contributed by atoms with van der Waals surface area (Å²) >= 11 is 0. The predicted octanol–water partition coefficient (Wildman–Crippen LogP) is 3.43. The number of anilines is 1. The zero-order valence-electron chi connectivity index (χ0n) is 15.4.